The third kappa shape index (κ3) is 1.90. The molecule has 1 N–H and O–H groups in total. The van der Waals surface area contributed by atoms with Gasteiger partial charge in [0.05, 0.1) is 13.2 Å². The highest BCUT2D eigenvalue weighted by Crippen LogP contribution is 2.53. The van der Waals surface area contributed by atoms with Crippen molar-refractivity contribution in [3.05, 3.63) is 30.5 Å². The van der Waals surface area contributed by atoms with Crippen LogP contribution in [0, 0.1) is 5.92 Å². The molecule has 2 fully saturated rings. The van der Waals surface area contributed by atoms with Gasteiger partial charge in [-0.05, 0) is 30.0 Å². The second-order valence-corrected chi connectivity index (χ2v) is 5.77. The van der Waals surface area contributed by atoms with Crippen molar-refractivity contribution in [1.82, 2.24) is 10.3 Å². The Kier molecular flexibility index (Phi) is 2.76. The van der Waals surface area contributed by atoms with Crippen molar-refractivity contribution in [2.45, 2.75) is 18.1 Å². The van der Waals surface area contributed by atoms with Gasteiger partial charge in [-0.1, -0.05) is 6.07 Å². The first-order valence-electron chi connectivity index (χ1n) is 7.17. The number of hydrogen-bond acceptors (Lipinski definition) is 4. The summed E-state index contributed by atoms with van der Waals surface area (Å²) in [7, 11) is 1.60. The van der Waals surface area contributed by atoms with E-state index in [4.69, 9.17) is 9.47 Å². The number of nitrogens with zero attached hydrogens (tertiary/aromatic N) is 1. The van der Waals surface area contributed by atoms with Gasteiger partial charge in [-0.15, -0.1) is 0 Å². The van der Waals surface area contributed by atoms with Gasteiger partial charge in [0.15, 0.2) is 5.67 Å². The number of rotatable bonds is 4. The minimum atomic E-state index is -1.66. The van der Waals surface area contributed by atoms with Crippen LogP contribution in [-0.2, 0) is 4.79 Å². The minimum absolute atomic E-state index is 0.214. The number of carbonyl (C=O) groups excluding carboxylic acids is 1. The van der Waals surface area contributed by atoms with E-state index >= 15 is 0 Å². The molecule has 5 nitrogen and oxygen atoms in total. The third-order valence-corrected chi connectivity index (χ3v) is 4.46. The molecule has 1 amide bonds. The first-order chi connectivity index (χ1) is 10.6. The van der Waals surface area contributed by atoms with Crippen molar-refractivity contribution in [2.24, 2.45) is 5.92 Å². The van der Waals surface area contributed by atoms with Gasteiger partial charge in [-0.3, -0.25) is 4.79 Å². The molecule has 22 heavy (non-hydrogen) atoms. The summed E-state index contributed by atoms with van der Waals surface area (Å²) < 4.78 is 24.9. The molecule has 1 saturated heterocycles. The number of methoxy groups -OCH3 is 1. The maximum absolute atomic E-state index is 13.9. The maximum Gasteiger partial charge on any atom is 0.258 e. The van der Waals surface area contributed by atoms with E-state index in [0.717, 1.165) is 10.8 Å². The van der Waals surface area contributed by atoms with Crippen molar-refractivity contribution in [2.75, 3.05) is 13.7 Å². The van der Waals surface area contributed by atoms with Gasteiger partial charge in [0.2, 0.25) is 5.88 Å². The van der Waals surface area contributed by atoms with Gasteiger partial charge < -0.3 is 14.8 Å². The highest BCUT2D eigenvalue weighted by molar-refractivity contribution is 5.92. The zero-order valence-corrected chi connectivity index (χ0v) is 12.0. The molecule has 0 bridgehead atoms. The smallest absolute Gasteiger partial charge is 0.258 e. The molecule has 1 aromatic carbocycles. The van der Waals surface area contributed by atoms with E-state index in [-0.39, 0.29) is 18.6 Å². The lowest BCUT2D eigenvalue weighted by atomic mass is 10.1. The fourth-order valence-corrected chi connectivity index (χ4v) is 3.06. The fourth-order valence-electron chi connectivity index (χ4n) is 3.06. The standard InChI is InChI=1S/C16H15FN2O3/c1-21-10-3-2-9-4-5-18-14(11(9)6-10)22-8-13-12-7-16(12,17)15(20)19-13/h2-6,12-13H,7-8H2,1H3,(H,19,20)/t12-,13-,16+/m1/s1. The molecule has 2 heterocycles. The Morgan fingerprint density at radius 3 is 3.00 bits per heavy atom. The number of ether oxygens (including phenoxy) is 2. The molecule has 2 aliphatic rings. The summed E-state index contributed by atoms with van der Waals surface area (Å²) in [4.78, 5) is 15.7. The Bertz CT molecular complexity index is 766. The van der Waals surface area contributed by atoms with E-state index in [1.165, 1.54) is 0 Å². The summed E-state index contributed by atoms with van der Waals surface area (Å²) in [5, 5.41) is 4.45. The molecule has 4 rings (SSSR count). The summed E-state index contributed by atoms with van der Waals surface area (Å²) in [6, 6.07) is 7.23. The predicted molar refractivity (Wildman–Crippen MR) is 77.7 cm³/mol. The van der Waals surface area contributed by atoms with E-state index in [0.29, 0.717) is 18.1 Å². The normalized spacial score (nSPS) is 29.1. The lowest BCUT2D eigenvalue weighted by molar-refractivity contribution is -0.125. The first-order valence-corrected chi connectivity index (χ1v) is 7.17. The number of hydrogen-bond donors (Lipinski definition) is 1. The minimum Gasteiger partial charge on any atom is -0.497 e. The van der Waals surface area contributed by atoms with Gasteiger partial charge in [-0.2, -0.15) is 0 Å². The lowest BCUT2D eigenvalue weighted by Crippen LogP contribution is -2.36. The molecule has 0 radical (unpaired) electrons. The van der Waals surface area contributed by atoms with Crippen LogP contribution in [0.15, 0.2) is 30.5 Å². The number of nitrogens with one attached hydrogen (secondary N) is 1. The number of carbonyl (C=O) groups is 1. The molecule has 1 aliphatic carbocycles. The highest BCUT2D eigenvalue weighted by atomic mass is 19.1. The average Bonchev–Trinajstić information content (AvgIpc) is 3.17. The molecule has 0 unspecified atom stereocenters. The van der Waals surface area contributed by atoms with E-state index in [9.17, 15) is 9.18 Å². The second-order valence-electron chi connectivity index (χ2n) is 5.77. The number of amides is 1. The lowest BCUT2D eigenvalue weighted by Gasteiger charge is -2.14. The Morgan fingerprint density at radius 2 is 2.32 bits per heavy atom. The number of pyridine rings is 1. The molecular formula is C16H15FN2O3. The molecule has 114 valence electrons. The average molecular weight is 302 g/mol. The van der Waals surface area contributed by atoms with Gasteiger partial charge in [0.25, 0.3) is 5.91 Å². The number of piperidine rings is 1. The molecule has 1 saturated carbocycles. The van der Waals surface area contributed by atoms with Crippen LogP contribution >= 0.6 is 0 Å². The Hall–Kier alpha value is -2.37. The number of benzene rings is 1. The number of halogens is 1. The molecule has 2 aromatic rings. The summed E-state index contributed by atoms with van der Waals surface area (Å²) in [5.41, 5.74) is -1.66. The number of alkyl halides is 1. The molecule has 0 spiro atoms. The van der Waals surface area contributed by atoms with Gasteiger partial charge in [-0.25, -0.2) is 9.37 Å². The summed E-state index contributed by atoms with van der Waals surface area (Å²) >= 11 is 0. The Balaban J connectivity index is 1.56. The summed E-state index contributed by atoms with van der Waals surface area (Å²) in [5.74, 6) is 0.385. The highest BCUT2D eigenvalue weighted by Gasteiger charge is 2.69. The largest absolute Gasteiger partial charge is 0.497 e. The summed E-state index contributed by atoms with van der Waals surface area (Å²) in [6.45, 7) is 0.214. The predicted octanol–water partition coefficient (Wildman–Crippen LogP) is 1.85. The van der Waals surface area contributed by atoms with E-state index in [2.05, 4.69) is 10.3 Å². The molecular weight excluding hydrogens is 287 g/mol. The van der Waals surface area contributed by atoms with Crippen LogP contribution < -0.4 is 14.8 Å². The van der Waals surface area contributed by atoms with E-state index in [1.807, 2.05) is 24.3 Å². The van der Waals surface area contributed by atoms with Crippen LogP contribution in [0.25, 0.3) is 10.8 Å². The second kappa shape index (κ2) is 4.56. The molecule has 3 atom stereocenters. The topological polar surface area (TPSA) is 60.5 Å². The first kappa shape index (κ1) is 13.3. The van der Waals surface area contributed by atoms with E-state index in [1.54, 1.807) is 13.3 Å². The van der Waals surface area contributed by atoms with Gasteiger partial charge in [0, 0.05) is 17.5 Å². The van der Waals surface area contributed by atoms with Crippen LogP contribution in [0.3, 0.4) is 0 Å². The van der Waals surface area contributed by atoms with Crippen LogP contribution in [0.2, 0.25) is 0 Å². The maximum atomic E-state index is 13.9. The zero-order chi connectivity index (χ0) is 15.3. The molecule has 1 aliphatic heterocycles. The van der Waals surface area contributed by atoms with Crippen LogP contribution in [0.1, 0.15) is 6.42 Å². The van der Waals surface area contributed by atoms with Gasteiger partial charge >= 0.3 is 0 Å². The van der Waals surface area contributed by atoms with Crippen molar-refractivity contribution < 1.29 is 18.7 Å². The van der Waals surface area contributed by atoms with Crippen molar-refractivity contribution in [3.63, 3.8) is 0 Å². The number of fused-ring (bicyclic) bond motifs is 2. The van der Waals surface area contributed by atoms with Crippen molar-refractivity contribution >= 4 is 16.7 Å². The van der Waals surface area contributed by atoms with Gasteiger partial charge in [0.1, 0.15) is 12.4 Å². The SMILES string of the molecule is COc1ccc2ccnc(OC[C@H]3NC(=O)[C@]4(F)C[C@H]34)c2c1. The number of aromatic nitrogens is 1. The molecule has 6 heteroatoms. The zero-order valence-electron chi connectivity index (χ0n) is 12.0. The Morgan fingerprint density at radius 1 is 1.45 bits per heavy atom. The van der Waals surface area contributed by atoms with Crippen LogP contribution in [-0.4, -0.2) is 36.3 Å². The monoisotopic (exact) mass is 302 g/mol. The Labute approximate surface area is 126 Å². The van der Waals surface area contributed by atoms with Crippen LogP contribution in [0.5, 0.6) is 11.6 Å². The van der Waals surface area contributed by atoms with E-state index < -0.39 is 11.6 Å². The van der Waals surface area contributed by atoms with Crippen molar-refractivity contribution in [3.8, 4) is 11.6 Å². The van der Waals surface area contributed by atoms with Crippen LogP contribution in [0.4, 0.5) is 4.39 Å². The van der Waals surface area contributed by atoms with Crippen molar-refractivity contribution in [1.29, 1.82) is 0 Å². The summed E-state index contributed by atoms with van der Waals surface area (Å²) in [6.07, 6.45) is 1.96. The third-order valence-electron chi connectivity index (χ3n) is 4.46. The quantitative estimate of drug-likeness (QED) is 0.936. The fraction of sp³-hybridized carbons (Fsp3) is 0.375. The molecule has 1 aromatic heterocycles.